The molecule has 19 heavy (non-hydrogen) atoms. The maximum absolute atomic E-state index is 12.0. The molecule has 1 heterocycles. The minimum Gasteiger partial charge on any atom is -0.335 e. The quantitative estimate of drug-likeness (QED) is 0.856. The second kappa shape index (κ2) is 6.15. The van der Waals surface area contributed by atoms with E-state index in [1.54, 1.807) is 17.1 Å². The molecule has 0 aliphatic carbocycles. The van der Waals surface area contributed by atoms with E-state index in [0.717, 1.165) is 12.1 Å². The highest BCUT2D eigenvalue weighted by Gasteiger charge is 2.09. The third-order valence-electron chi connectivity index (χ3n) is 2.87. The van der Waals surface area contributed by atoms with E-state index in [1.807, 2.05) is 24.3 Å². The first-order valence-electron chi connectivity index (χ1n) is 6.35. The molecule has 0 spiro atoms. The molecule has 0 fully saturated rings. The van der Waals surface area contributed by atoms with Crippen molar-refractivity contribution in [3.8, 4) is 0 Å². The van der Waals surface area contributed by atoms with Crippen molar-refractivity contribution in [3.05, 3.63) is 48.0 Å². The van der Waals surface area contributed by atoms with Gasteiger partial charge in [-0.2, -0.15) is 0 Å². The van der Waals surface area contributed by atoms with E-state index in [4.69, 9.17) is 5.73 Å². The number of hydrogen-bond donors (Lipinski definition) is 2. The first-order chi connectivity index (χ1) is 9.22. The molecule has 0 aliphatic heterocycles. The molecule has 0 radical (unpaired) electrons. The number of carbonyl (C=O) groups is 1. The van der Waals surface area contributed by atoms with Crippen molar-refractivity contribution in [2.45, 2.75) is 19.9 Å². The van der Waals surface area contributed by atoms with Gasteiger partial charge in [0.1, 0.15) is 5.69 Å². The van der Waals surface area contributed by atoms with Crippen LogP contribution in [0, 0.1) is 0 Å². The fourth-order valence-corrected chi connectivity index (χ4v) is 1.77. The Balaban J connectivity index is 2.02. The summed E-state index contributed by atoms with van der Waals surface area (Å²) in [4.78, 5) is 16.0. The Labute approximate surface area is 112 Å². The molecule has 1 aromatic carbocycles. The zero-order chi connectivity index (χ0) is 13.7. The number of nitrogens with one attached hydrogen (secondary N) is 1. The van der Waals surface area contributed by atoms with E-state index >= 15 is 0 Å². The fraction of sp³-hybridized carbons (Fsp3) is 0.286. The van der Waals surface area contributed by atoms with Crippen LogP contribution in [0.3, 0.4) is 0 Å². The minimum atomic E-state index is -0.208. The number of hydrogen-bond acceptors (Lipinski definition) is 3. The third-order valence-corrected chi connectivity index (χ3v) is 2.87. The Bertz CT molecular complexity index is 545. The molecule has 0 saturated carbocycles. The predicted molar refractivity (Wildman–Crippen MR) is 75.1 cm³/mol. The number of nitrogens with two attached hydrogens (primary N) is 1. The number of amides is 1. The third kappa shape index (κ3) is 3.42. The summed E-state index contributed by atoms with van der Waals surface area (Å²) in [5.41, 5.74) is 7.86. The van der Waals surface area contributed by atoms with Crippen LogP contribution in [0.2, 0.25) is 0 Å². The van der Waals surface area contributed by atoms with Crippen molar-refractivity contribution >= 4 is 11.6 Å². The number of nitrogens with zero attached hydrogens (tertiary/aromatic N) is 2. The summed E-state index contributed by atoms with van der Waals surface area (Å²) in [7, 11) is 0. The molecule has 0 bridgehead atoms. The summed E-state index contributed by atoms with van der Waals surface area (Å²) in [5, 5.41) is 2.82. The highest BCUT2D eigenvalue weighted by atomic mass is 16.1. The maximum atomic E-state index is 12.0. The monoisotopic (exact) mass is 258 g/mol. The van der Waals surface area contributed by atoms with Crippen molar-refractivity contribution in [2.75, 3.05) is 11.9 Å². The van der Waals surface area contributed by atoms with Gasteiger partial charge in [-0.1, -0.05) is 19.1 Å². The standard InChI is InChI=1S/C14H18N4O/c1-2-11-3-5-12(6-4-11)17-14(19)13-9-18(8-7-15)10-16-13/h3-6,9-10H,2,7-8,15H2,1H3,(H,17,19). The van der Waals surface area contributed by atoms with E-state index in [9.17, 15) is 4.79 Å². The van der Waals surface area contributed by atoms with Crippen molar-refractivity contribution in [2.24, 2.45) is 5.73 Å². The molecule has 0 atom stereocenters. The smallest absolute Gasteiger partial charge is 0.275 e. The highest BCUT2D eigenvalue weighted by Crippen LogP contribution is 2.11. The molecule has 5 heteroatoms. The van der Waals surface area contributed by atoms with Crippen LogP contribution in [0.5, 0.6) is 0 Å². The van der Waals surface area contributed by atoms with Gasteiger partial charge in [0.2, 0.25) is 0 Å². The van der Waals surface area contributed by atoms with Crippen molar-refractivity contribution in [1.82, 2.24) is 9.55 Å². The van der Waals surface area contributed by atoms with E-state index in [2.05, 4.69) is 17.2 Å². The normalized spacial score (nSPS) is 10.4. The molecule has 100 valence electrons. The number of carbonyl (C=O) groups excluding carboxylic acids is 1. The van der Waals surface area contributed by atoms with Gasteiger partial charge >= 0.3 is 0 Å². The largest absolute Gasteiger partial charge is 0.335 e. The number of rotatable bonds is 5. The SMILES string of the molecule is CCc1ccc(NC(=O)c2cn(CCN)cn2)cc1. The Kier molecular flexibility index (Phi) is 4.30. The number of imidazole rings is 1. The Morgan fingerprint density at radius 2 is 2.11 bits per heavy atom. The van der Waals surface area contributed by atoms with Crippen LogP contribution in [-0.4, -0.2) is 22.0 Å². The molecular weight excluding hydrogens is 240 g/mol. The molecule has 0 saturated heterocycles. The lowest BCUT2D eigenvalue weighted by Crippen LogP contribution is -2.12. The van der Waals surface area contributed by atoms with Crippen LogP contribution in [0.1, 0.15) is 23.0 Å². The van der Waals surface area contributed by atoms with Crippen LogP contribution >= 0.6 is 0 Å². The first kappa shape index (κ1) is 13.3. The van der Waals surface area contributed by atoms with E-state index < -0.39 is 0 Å². The topological polar surface area (TPSA) is 72.9 Å². The van der Waals surface area contributed by atoms with Crippen LogP contribution in [0.4, 0.5) is 5.69 Å². The summed E-state index contributed by atoms with van der Waals surface area (Å²) in [6, 6.07) is 7.80. The van der Waals surface area contributed by atoms with Gasteiger partial charge in [0.15, 0.2) is 0 Å². The summed E-state index contributed by atoms with van der Waals surface area (Å²) < 4.78 is 1.80. The van der Waals surface area contributed by atoms with E-state index in [1.165, 1.54) is 5.56 Å². The van der Waals surface area contributed by atoms with Gasteiger partial charge in [0.25, 0.3) is 5.91 Å². The van der Waals surface area contributed by atoms with Crippen LogP contribution in [-0.2, 0) is 13.0 Å². The molecule has 0 unspecified atom stereocenters. The first-order valence-corrected chi connectivity index (χ1v) is 6.35. The lowest BCUT2D eigenvalue weighted by molar-refractivity contribution is 0.102. The van der Waals surface area contributed by atoms with Gasteiger partial charge in [0, 0.05) is 25.0 Å². The van der Waals surface area contributed by atoms with Gasteiger partial charge < -0.3 is 15.6 Å². The molecule has 2 rings (SSSR count). The van der Waals surface area contributed by atoms with Crippen LogP contribution in [0.15, 0.2) is 36.8 Å². The maximum Gasteiger partial charge on any atom is 0.275 e. The Hall–Kier alpha value is -2.14. The van der Waals surface area contributed by atoms with Gasteiger partial charge in [-0.15, -0.1) is 0 Å². The Morgan fingerprint density at radius 1 is 1.37 bits per heavy atom. The van der Waals surface area contributed by atoms with Gasteiger partial charge in [0.05, 0.1) is 6.33 Å². The molecular formula is C14H18N4O. The van der Waals surface area contributed by atoms with E-state index in [-0.39, 0.29) is 5.91 Å². The van der Waals surface area contributed by atoms with Crippen molar-refractivity contribution in [3.63, 3.8) is 0 Å². The van der Waals surface area contributed by atoms with E-state index in [0.29, 0.717) is 18.8 Å². The Morgan fingerprint density at radius 3 is 2.74 bits per heavy atom. The van der Waals surface area contributed by atoms with Gasteiger partial charge in [-0.3, -0.25) is 4.79 Å². The number of aromatic nitrogens is 2. The summed E-state index contributed by atoms with van der Waals surface area (Å²) in [5.74, 6) is -0.208. The predicted octanol–water partition coefficient (Wildman–Crippen LogP) is 1.66. The molecule has 1 amide bonds. The second-order valence-corrected chi connectivity index (χ2v) is 4.29. The highest BCUT2D eigenvalue weighted by molar-refractivity contribution is 6.02. The molecule has 0 aliphatic rings. The van der Waals surface area contributed by atoms with Crippen LogP contribution in [0.25, 0.3) is 0 Å². The minimum absolute atomic E-state index is 0.208. The summed E-state index contributed by atoms with van der Waals surface area (Å²) in [6.07, 6.45) is 4.29. The molecule has 2 aromatic rings. The zero-order valence-electron chi connectivity index (χ0n) is 11.0. The molecule has 3 N–H and O–H groups in total. The molecule has 5 nitrogen and oxygen atoms in total. The summed E-state index contributed by atoms with van der Waals surface area (Å²) >= 11 is 0. The van der Waals surface area contributed by atoms with Gasteiger partial charge in [-0.05, 0) is 24.1 Å². The number of aryl methyl sites for hydroxylation is 1. The average molecular weight is 258 g/mol. The van der Waals surface area contributed by atoms with Crippen LogP contribution < -0.4 is 11.1 Å². The lowest BCUT2D eigenvalue weighted by atomic mass is 10.1. The fourth-order valence-electron chi connectivity index (χ4n) is 1.77. The van der Waals surface area contributed by atoms with Crippen molar-refractivity contribution in [1.29, 1.82) is 0 Å². The number of benzene rings is 1. The van der Waals surface area contributed by atoms with Crippen molar-refractivity contribution < 1.29 is 4.79 Å². The zero-order valence-corrected chi connectivity index (χ0v) is 11.0. The lowest BCUT2D eigenvalue weighted by Gasteiger charge is -2.04. The molecule has 1 aromatic heterocycles. The average Bonchev–Trinajstić information content (AvgIpc) is 2.89. The number of anilines is 1. The second-order valence-electron chi connectivity index (χ2n) is 4.29. The summed E-state index contributed by atoms with van der Waals surface area (Å²) in [6.45, 7) is 3.28. The van der Waals surface area contributed by atoms with Gasteiger partial charge in [-0.25, -0.2) is 4.98 Å².